The van der Waals surface area contributed by atoms with Gasteiger partial charge in [0.1, 0.15) is 10.6 Å². The minimum absolute atomic E-state index is 0.323. The summed E-state index contributed by atoms with van der Waals surface area (Å²) in [5.41, 5.74) is 0. The maximum atomic E-state index is 6.01. The molecule has 0 atom stereocenters. The molecule has 0 spiro atoms. The van der Waals surface area contributed by atoms with Crippen LogP contribution in [0.3, 0.4) is 0 Å². The predicted octanol–water partition coefficient (Wildman–Crippen LogP) is 3.04. The summed E-state index contributed by atoms with van der Waals surface area (Å²) >= 11 is 7.67. The molecule has 0 unspecified atom stereocenters. The molecular weight excluding hydrogens is 280 g/mol. The van der Waals surface area contributed by atoms with E-state index >= 15 is 0 Å². The predicted molar refractivity (Wildman–Crippen MR) is 83.6 cm³/mol. The first-order chi connectivity index (χ1) is 8.97. The molecule has 0 N–H and O–H groups in total. The Morgan fingerprint density at radius 1 is 1.21 bits per heavy atom. The molecule has 0 saturated heterocycles. The van der Waals surface area contributed by atoms with Crippen molar-refractivity contribution >= 4 is 39.0 Å². The van der Waals surface area contributed by atoms with E-state index in [1.165, 1.54) is 4.88 Å². The van der Waals surface area contributed by atoms with Crippen LogP contribution in [-0.2, 0) is 0 Å². The maximum Gasteiger partial charge on any atom is 0.225 e. The van der Waals surface area contributed by atoms with Gasteiger partial charge in [-0.3, -0.25) is 0 Å². The fraction of sp³-hybridized carbons (Fsp3) is 0.538. The SMILES string of the molecule is Cc1cc2c(N(C)CCCN(C)C)nc(Cl)nc2s1. The molecule has 0 aromatic carbocycles. The summed E-state index contributed by atoms with van der Waals surface area (Å²) in [5.74, 6) is 0.929. The number of aryl methyl sites for hydroxylation is 1. The highest BCUT2D eigenvalue weighted by Crippen LogP contribution is 2.31. The van der Waals surface area contributed by atoms with Gasteiger partial charge in [-0.2, -0.15) is 4.98 Å². The average Bonchev–Trinajstić information content (AvgIpc) is 2.67. The molecule has 0 aliphatic rings. The van der Waals surface area contributed by atoms with Crippen molar-refractivity contribution in [3.63, 3.8) is 0 Å². The van der Waals surface area contributed by atoms with Gasteiger partial charge in [0.15, 0.2) is 0 Å². The average molecular weight is 299 g/mol. The molecule has 2 aromatic heterocycles. The van der Waals surface area contributed by atoms with Gasteiger partial charge in [0.05, 0.1) is 5.39 Å². The second-order valence-electron chi connectivity index (χ2n) is 4.97. The molecular formula is C13H19ClN4S. The van der Waals surface area contributed by atoms with E-state index in [2.05, 4.69) is 53.9 Å². The summed E-state index contributed by atoms with van der Waals surface area (Å²) in [7, 11) is 6.23. The van der Waals surface area contributed by atoms with Gasteiger partial charge < -0.3 is 9.80 Å². The highest BCUT2D eigenvalue weighted by Gasteiger charge is 2.13. The quantitative estimate of drug-likeness (QED) is 0.794. The van der Waals surface area contributed by atoms with Gasteiger partial charge in [0, 0.05) is 18.5 Å². The van der Waals surface area contributed by atoms with E-state index < -0.39 is 0 Å². The normalized spacial score (nSPS) is 11.5. The number of hydrogen-bond donors (Lipinski definition) is 0. The molecule has 104 valence electrons. The lowest BCUT2D eigenvalue weighted by molar-refractivity contribution is 0.401. The molecule has 6 heteroatoms. The Bertz CT molecular complexity index is 567. The number of thiophene rings is 1. The molecule has 2 rings (SSSR count). The van der Waals surface area contributed by atoms with Gasteiger partial charge in [-0.1, -0.05) is 0 Å². The monoisotopic (exact) mass is 298 g/mol. The molecule has 0 fully saturated rings. The van der Waals surface area contributed by atoms with Gasteiger partial charge in [-0.15, -0.1) is 11.3 Å². The summed E-state index contributed by atoms with van der Waals surface area (Å²) in [6.07, 6.45) is 1.09. The van der Waals surface area contributed by atoms with Crippen LogP contribution in [0.2, 0.25) is 5.28 Å². The highest BCUT2D eigenvalue weighted by atomic mass is 35.5. The molecule has 0 bridgehead atoms. The molecule has 0 aliphatic heterocycles. The van der Waals surface area contributed by atoms with Crippen LogP contribution in [0.15, 0.2) is 6.07 Å². The lowest BCUT2D eigenvalue weighted by Gasteiger charge is -2.20. The Morgan fingerprint density at radius 2 is 1.95 bits per heavy atom. The third-order valence-electron chi connectivity index (χ3n) is 2.93. The van der Waals surface area contributed by atoms with Crippen molar-refractivity contribution in [1.29, 1.82) is 0 Å². The Kier molecular flexibility index (Phi) is 4.60. The number of halogens is 1. The zero-order valence-electron chi connectivity index (χ0n) is 11.8. The Balaban J connectivity index is 2.22. The topological polar surface area (TPSA) is 32.3 Å². The molecule has 19 heavy (non-hydrogen) atoms. The number of aromatic nitrogens is 2. The van der Waals surface area contributed by atoms with Crippen molar-refractivity contribution in [1.82, 2.24) is 14.9 Å². The third-order valence-corrected chi connectivity index (χ3v) is 4.04. The molecule has 0 radical (unpaired) electrons. The lowest BCUT2D eigenvalue weighted by atomic mass is 10.3. The van der Waals surface area contributed by atoms with Gasteiger partial charge in [-0.25, -0.2) is 4.98 Å². The van der Waals surface area contributed by atoms with E-state index in [0.29, 0.717) is 5.28 Å². The highest BCUT2D eigenvalue weighted by molar-refractivity contribution is 7.18. The second-order valence-corrected chi connectivity index (χ2v) is 6.54. The van der Waals surface area contributed by atoms with E-state index in [0.717, 1.165) is 35.5 Å². The number of fused-ring (bicyclic) bond motifs is 1. The van der Waals surface area contributed by atoms with E-state index in [4.69, 9.17) is 11.6 Å². The first kappa shape index (κ1) is 14.5. The van der Waals surface area contributed by atoms with E-state index in [9.17, 15) is 0 Å². The van der Waals surface area contributed by atoms with Crippen LogP contribution in [-0.4, -0.2) is 49.1 Å². The first-order valence-electron chi connectivity index (χ1n) is 6.27. The molecule has 4 nitrogen and oxygen atoms in total. The van der Waals surface area contributed by atoms with E-state index in [1.54, 1.807) is 11.3 Å². The Hall–Kier alpha value is -0.910. The summed E-state index contributed by atoms with van der Waals surface area (Å²) in [5, 5.41) is 1.42. The van der Waals surface area contributed by atoms with Crippen molar-refractivity contribution in [2.24, 2.45) is 0 Å². The maximum absolute atomic E-state index is 6.01. The van der Waals surface area contributed by atoms with Crippen molar-refractivity contribution in [3.8, 4) is 0 Å². The molecule has 2 aromatic rings. The second kappa shape index (κ2) is 6.03. The summed E-state index contributed by atoms with van der Waals surface area (Å²) in [6, 6.07) is 2.13. The lowest BCUT2D eigenvalue weighted by Crippen LogP contribution is -2.24. The summed E-state index contributed by atoms with van der Waals surface area (Å²) in [6.45, 7) is 4.10. The van der Waals surface area contributed by atoms with E-state index in [-0.39, 0.29) is 0 Å². The van der Waals surface area contributed by atoms with Crippen LogP contribution in [0.4, 0.5) is 5.82 Å². The van der Waals surface area contributed by atoms with Crippen LogP contribution in [0.5, 0.6) is 0 Å². The van der Waals surface area contributed by atoms with Crippen LogP contribution in [0.25, 0.3) is 10.2 Å². The molecule has 0 amide bonds. The van der Waals surface area contributed by atoms with Crippen molar-refractivity contribution < 1.29 is 0 Å². The Morgan fingerprint density at radius 3 is 2.63 bits per heavy atom. The number of nitrogens with zero attached hydrogens (tertiary/aromatic N) is 4. The van der Waals surface area contributed by atoms with Crippen LogP contribution < -0.4 is 4.90 Å². The van der Waals surface area contributed by atoms with Crippen molar-refractivity contribution in [2.75, 3.05) is 39.1 Å². The largest absolute Gasteiger partial charge is 0.359 e. The van der Waals surface area contributed by atoms with Gasteiger partial charge in [0.25, 0.3) is 0 Å². The van der Waals surface area contributed by atoms with E-state index in [1.807, 2.05) is 0 Å². The standard InChI is InChI=1S/C13H19ClN4S/c1-9-8-10-11(15-13(14)16-12(10)19-9)18(4)7-5-6-17(2)3/h8H,5-7H2,1-4H3. The van der Waals surface area contributed by atoms with Gasteiger partial charge in [0.2, 0.25) is 5.28 Å². The fourth-order valence-corrected chi connectivity index (χ4v) is 3.11. The van der Waals surface area contributed by atoms with Crippen LogP contribution in [0.1, 0.15) is 11.3 Å². The first-order valence-corrected chi connectivity index (χ1v) is 7.46. The van der Waals surface area contributed by atoms with Crippen LogP contribution in [0, 0.1) is 6.92 Å². The van der Waals surface area contributed by atoms with Gasteiger partial charge in [-0.05, 0) is 51.7 Å². The van der Waals surface area contributed by atoms with Crippen LogP contribution >= 0.6 is 22.9 Å². The summed E-state index contributed by atoms with van der Waals surface area (Å²) < 4.78 is 0. The fourth-order valence-electron chi connectivity index (χ4n) is 2.02. The molecule has 0 aliphatic carbocycles. The minimum atomic E-state index is 0.323. The Labute approximate surface area is 123 Å². The van der Waals surface area contributed by atoms with Crippen molar-refractivity contribution in [3.05, 3.63) is 16.2 Å². The smallest absolute Gasteiger partial charge is 0.225 e. The summed E-state index contributed by atoms with van der Waals surface area (Å²) in [4.78, 5) is 15.2. The molecule has 2 heterocycles. The minimum Gasteiger partial charge on any atom is -0.359 e. The zero-order valence-corrected chi connectivity index (χ0v) is 13.3. The third kappa shape index (κ3) is 3.55. The van der Waals surface area contributed by atoms with Gasteiger partial charge >= 0.3 is 0 Å². The molecule has 0 saturated carbocycles. The number of anilines is 1. The number of rotatable bonds is 5. The van der Waals surface area contributed by atoms with Crippen molar-refractivity contribution in [2.45, 2.75) is 13.3 Å². The zero-order chi connectivity index (χ0) is 14.0. The number of hydrogen-bond acceptors (Lipinski definition) is 5.